The van der Waals surface area contributed by atoms with E-state index in [0.717, 1.165) is 10.4 Å². The van der Waals surface area contributed by atoms with Crippen molar-refractivity contribution >= 4 is 50.5 Å². The lowest BCUT2D eigenvalue weighted by Gasteiger charge is -2.32. The summed E-state index contributed by atoms with van der Waals surface area (Å²) in [4.78, 5) is 29.8. The van der Waals surface area contributed by atoms with Crippen LogP contribution >= 0.6 is 27.3 Å². The number of rotatable bonds is 7. The summed E-state index contributed by atoms with van der Waals surface area (Å²) >= 11 is 4.92. The highest BCUT2D eigenvalue weighted by molar-refractivity contribution is 9.10. The van der Waals surface area contributed by atoms with Crippen LogP contribution in [0.1, 0.15) is 22.0 Å². The Labute approximate surface area is 210 Å². The molecule has 0 aliphatic heterocycles. The number of carbonyl (C=O) groups is 2. The van der Waals surface area contributed by atoms with Gasteiger partial charge in [0.05, 0.1) is 12.1 Å². The molecule has 3 aromatic carbocycles. The van der Waals surface area contributed by atoms with Crippen molar-refractivity contribution < 1.29 is 14.0 Å². The molecule has 0 aliphatic carbocycles. The fourth-order valence-corrected chi connectivity index (χ4v) is 4.85. The summed E-state index contributed by atoms with van der Waals surface area (Å²) < 4.78 is 15.0. The number of para-hydroxylation sites is 1. The Morgan fingerprint density at radius 1 is 1.00 bits per heavy atom. The molecule has 34 heavy (non-hydrogen) atoms. The molecule has 4 aromatic rings. The van der Waals surface area contributed by atoms with Gasteiger partial charge in [-0.3, -0.25) is 14.5 Å². The molecule has 172 valence electrons. The van der Waals surface area contributed by atoms with Crippen LogP contribution in [0.2, 0.25) is 0 Å². The van der Waals surface area contributed by atoms with Gasteiger partial charge in [0.1, 0.15) is 11.9 Å². The van der Waals surface area contributed by atoms with E-state index in [0.29, 0.717) is 21.4 Å². The van der Waals surface area contributed by atoms with E-state index in [1.165, 1.54) is 34.4 Å². The molecule has 2 amide bonds. The molecular weight excluding hydrogens is 515 g/mol. The molecule has 0 saturated carbocycles. The Bertz CT molecular complexity index is 1310. The minimum absolute atomic E-state index is 0.0961. The molecule has 0 fully saturated rings. The predicted molar refractivity (Wildman–Crippen MR) is 139 cm³/mol. The number of nitrogens with zero attached hydrogens (tertiary/aromatic N) is 1. The van der Waals surface area contributed by atoms with E-state index in [2.05, 4.69) is 21.2 Å². The predicted octanol–water partition coefficient (Wildman–Crippen LogP) is 6.91. The van der Waals surface area contributed by atoms with E-state index in [9.17, 15) is 14.0 Å². The topological polar surface area (TPSA) is 49.4 Å². The SMILES string of the molecule is Cc1ccccc1C(C(=O)Nc1ccccc1Br)N(C(=O)Cc1cccs1)c1cccc(F)c1. The van der Waals surface area contributed by atoms with Crippen molar-refractivity contribution in [2.75, 3.05) is 10.2 Å². The van der Waals surface area contributed by atoms with E-state index < -0.39 is 17.8 Å². The molecule has 0 saturated heterocycles. The Morgan fingerprint density at radius 3 is 2.47 bits per heavy atom. The number of hydrogen-bond donors (Lipinski definition) is 1. The molecule has 7 heteroatoms. The highest BCUT2D eigenvalue weighted by atomic mass is 79.9. The van der Waals surface area contributed by atoms with Crippen LogP contribution in [-0.4, -0.2) is 11.8 Å². The summed E-state index contributed by atoms with van der Waals surface area (Å²) in [6.07, 6.45) is 0.0961. The minimum Gasteiger partial charge on any atom is -0.323 e. The maximum atomic E-state index is 14.3. The molecule has 0 spiro atoms. The Hall–Kier alpha value is -3.29. The van der Waals surface area contributed by atoms with Crippen molar-refractivity contribution in [1.82, 2.24) is 0 Å². The molecule has 1 aromatic heterocycles. The van der Waals surface area contributed by atoms with Crippen molar-refractivity contribution in [3.63, 3.8) is 0 Å². The first kappa shape index (κ1) is 23.9. The smallest absolute Gasteiger partial charge is 0.252 e. The molecule has 0 radical (unpaired) electrons. The molecule has 4 nitrogen and oxygen atoms in total. The fourth-order valence-electron chi connectivity index (χ4n) is 3.77. The van der Waals surface area contributed by atoms with Crippen LogP contribution in [0.5, 0.6) is 0 Å². The summed E-state index contributed by atoms with van der Waals surface area (Å²) in [5.41, 5.74) is 2.41. The van der Waals surface area contributed by atoms with Gasteiger partial charge < -0.3 is 5.32 Å². The van der Waals surface area contributed by atoms with E-state index >= 15 is 0 Å². The average molecular weight is 537 g/mol. The van der Waals surface area contributed by atoms with Crippen LogP contribution in [0.25, 0.3) is 0 Å². The molecule has 1 atom stereocenters. The van der Waals surface area contributed by atoms with Gasteiger partial charge in [-0.1, -0.05) is 48.5 Å². The summed E-state index contributed by atoms with van der Waals surface area (Å²) in [6, 6.07) is 23.2. The average Bonchev–Trinajstić information content (AvgIpc) is 3.32. The second kappa shape index (κ2) is 10.8. The molecule has 0 aliphatic rings. The monoisotopic (exact) mass is 536 g/mol. The van der Waals surface area contributed by atoms with Gasteiger partial charge in [0.15, 0.2) is 0 Å². The van der Waals surface area contributed by atoms with Crippen LogP contribution < -0.4 is 10.2 Å². The molecule has 1 heterocycles. The van der Waals surface area contributed by atoms with Crippen molar-refractivity contribution in [1.29, 1.82) is 0 Å². The summed E-state index contributed by atoms with van der Waals surface area (Å²) in [5, 5.41) is 4.84. The van der Waals surface area contributed by atoms with Crippen molar-refractivity contribution in [3.8, 4) is 0 Å². The zero-order valence-corrected chi connectivity index (χ0v) is 20.8. The van der Waals surface area contributed by atoms with E-state index in [1.54, 1.807) is 12.1 Å². The van der Waals surface area contributed by atoms with Gasteiger partial charge in [0.25, 0.3) is 5.91 Å². The van der Waals surface area contributed by atoms with Crippen LogP contribution in [0, 0.1) is 12.7 Å². The number of anilines is 2. The number of benzene rings is 3. The molecule has 1 N–H and O–H groups in total. The molecule has 4 rings (SSSR count). The van der Waals surface area contributed by atoms with Gasteiger partial charge in [0.2, 0.25) is 5.91 Å². The van der Waals surface area contributed by atoms with Gasteiger partial charge in [0, 0.05) is 15.0 Å². The zero-order chi connectivity index (χ0) is 24.1. The van der Waals surface area contributed by atoms with Gasteiger partial charge in [-0.15, -0.1) is 11.3 Å². The third-order valence-electron chi connectivity index (χ3n) is 5.38. The Balaban J connectivity index is 1.83. The lowest BCUT2D eigenvalue weighted by Crippen LogP contribution is -2.42. The quantitative estimate of drug-likeness (QED) is 0.279. The van der Waals surface area contributed by atoms with Gasteiger partial charge in [-0.25, -0.2) is 4.39 Å². The first-order valence-corrected chi connectivity index (χ1v) is 12.3. The standard InChI is InChI=1S/C27H22BrFN2O2S/c1-18-8-2-3-12-22(18)26(27(33)30-24-14-5-4-13-23(24)28)31(20-10-6-9-19(29)16-20)25(32)17-21-11-7-15-34-21/h2-16,26H,17H2,1H3,(H,30,33). The molecular formula is C27H22BrFN2O2S. The Kier molecular flexibility index (Phi) is 7.55. The van der Waals surface area contributed by atoms with Gasteiger partial charge in [-0.05, 0) is 75.8 Å². The lowest BCUT2D eigenvalue weighted by molar-refractivity contribution is -0.123. The molecule has 1 unspecified atom stereocenters. The van der Waals surface area contributed by atoms with Crippen molar-refractivity contribution in [2.24, 2.45) is 0 Å². The number of carbonyl (C=O) groups excluding carboxylic acids is 2. The van der Waals surface area contributed by atoms with Crippen LogP contribution in [-0.2, 0) is 16.0 Å². The number of halogens is 2. The second-order valence-corrected chi connectivity index (χ2v) is 9.61. The van der Waals surface area contributed by atoms with Crippen LogP contribution in [0.4, 0.5) is 15.8 Å². The van der Waals surface area contributed by atoms with Crippen LogP contribution in [0.3, 0.4) is 0 Å². The summed E-state index contributed by atoms with van der Waals surface area (Å²) in [7, 11) is 0. The fraction of sp³-hybridized carbons (Fsp3) is 0.111. The molecule has 0 bridgehead atoms. The third-order valence-corrected chi connectivity index (χ3v) is 6.95. The van der Waals surface area contributed by atoms with E-state index in [1.807, 2.05) is 66.9 Å². The zero-order valence-electron chi connectivity index (χ0n) is 18.4. The summed E-state index contributed by atoms with van der Waals surface area (Å²) in [6.45, 7) is 1.89. The number of amides is 2. The van der Waals surface area contributed by atoms with E-state index in [-0.39, 0.29) is 12.3 Å². The summed E-state index contributed by atoms with van der Waals surface area (Å²) in [5.74, 6) is -1.19. The Morgan fingerprint density at radius 2 is 1.76 bits per heavy atom. The van der Waals surface area contributed by atoms with Crippen LogP contribution in [0.15, 0.2) is 94.8 Å². The maximum absolute atomic E-state index is 14.3. The van der Waals surface area contributed by atoms with Crippen molar-refractivity contribution in [3.05, 3.63) is 117 Å². The van der Waals surface area contributed by atoms with Gasteiger partial charge in [-0.2, -0.15) is 0 Å². The maximum Gasteiger partial charge on any atom is 0.252 e. The van der Waals surface area contributed by atoms with Gasteiger partial charge >= 0.3 is 0 Å². The number of hydrogen-bond acceptors (Lipinski definition) is 3. The normalized spacial score (nSPS) is 11.6. The second-order valence-electron chi connectivity index (χ2n) is 7.73. The number of nitrogens with one attached hydrogen (secondary N) is 1. The van der Waals surface area contributed by atoms with Crippen molar-refractivity contribution in [2.45, 2.75) is 19.4 Å². The largest absolute Gasteiger partial charge is 0.323 e. The third kappa shape index (κ3) is 5.43. The number of thiophene rings is 1. The first-order valence-electron chi connectivity index (χ1n) is 10.6. The minimum atomic E-state index is -1.01. The highest BCUT2D eigenvalue weighted by Crippen LogP contribution is 2.33. The lowest BCUT2D eigenvalue weighted by atomic mass is 9.97. The highest BCUT2D eigenvalue weighted by Gasteiger charge is 2.34. The first-order chi connectivity index (χ1) is 16.4. The number of aryl methyl sites for hydroxylation is 1. The van der Waals surface area contributed by atoms with E-state index in [4.69, 9.17) is 0 Å².